The van der Waals surface area contributed by atoms with E-state index in [0.29, 0.717) is 30.2 Å². The van der Waals surface area contributed by atoms with Crippen LogP contribution in [-0.4, -0.2) is 35.6 Å². The van der Waals surface area contributed by atoms with E-state index in [0.717, 1.165) is 17.6 Å². The van der Waals surface area contributed by atoms with Gasteiger partial charge in [-0.15, -0.1) is 0 Å². The van der Waals surface area contributed by atoms with Gasteiger partial charge in [0.05, 0.1) is 17.3 Å². The first-order valence-corrected chi connectivity index (χ1v) is 9.29. The van der Waals surface area contributed by atoms with E-state index in [9.17, 15) is 5.11 Å². The number of aromatic nitrogens is 5. The lowest BCUT2D eigenvalue weighted by molar-refractivity contribution is 0.181. The second-order valence-corrected chi connectivity index (χ2v) is 8.31. The van der Waals surface area contributed by atoms with Crippen molar-refractivity contribution in [2.24, 2.45) is 0 Å². The van der Waals surface area contributed by atoms with Gasteiger partial charge in [-0.2, -0.15) is 10.2 Å². The normalized spacial score (nSPS) is 20.5. The molecule has 1 aliphatic carbocycles. The van der Waals surface area contributed by atoms with Gasteiger partial charge in [0.2, 0.25) is 0 Å². The number of rotatable bonds is 3. The number of hydrogen-bond acceptors (Lipinski definition) is 5. The van der Waals surface area contributed by atoms with Gasteiger partial charge in [-0.05, 0) is 53.0 Å². The summed E-state index contributed by atoms with van der Waals surface area (Å²) in [5, 5.41) is 22.0. The summed E-state index contributed by atoms with van der Waals surface area (Å²) in [7, 11) is 0. The molecule has 0 spiro atoms. The Labute approximate surface area is 157 Å². The van der Waals surface area contributed by atoms with Crippen LogP contribution in [0.5, 0.6) is 0 Å². The molecule has 0 radical (unpaired) electrons. The van der Waals surface area contributed by atoms with E-state index in [1.807, 2.05) is 33.8 Å². The van der Waals surface area contributed by atoms with E-state index in [1.54, 1.807) is 21.6 Å². The molecule has 1 saturated carbocycles. The van der Waals surface area contributed by atoms with Crippen molar-refractivity contribution in [2.75, 3.05) is 5.32 Å². The Morgan fingerprint density at radius 3 is 2.70 bits per heavy atom. The molecule has 0 bridgehead atoms. The molecule has 1 aliphatic rings. The van der Waals surface area contributed by atoms with Gasteiger partial charge in [0.15, 0.2) is 17.5 Å². The number of nitrogens with one attached hydrogen (secondary N) is 1. The second kappa shape index (κ2) is 6.30. The zero-order chi connectivity index (χ0) is 19.3. The minimum Gasteiger partial charge on any atom is -0.393 e. The van der Waals surface area contributed by atoms with Crippen molar-refractivity contribution < 1.29 is 9.50 Å². The molecule has 2 atom stereocenters. The molecular weight excluding hydrogens is 347 g/mol. The van der Waals surface area contributed by atoms with E-state index in [-0.39, 0.29) is 17.8 Å². The first-order valence-electron chi connectivity index (χ1n) is 9.29. The highest BCUT2D eigenvalue weighted by atomic mass is 19.1. The predicted octanol–water partition coefficient (Wildman–Crippen LogP) is 3.50. The Morgan fingerprint density at radius 1 is 1.26 bits per heavy atom. The Morgan fingerprint density at radius 2 is 2.04 bits per heavy atom. The summed E-state index contributed by atoms with van der Waals surface area (Å²) in [6.07, 6.45) is 4.99. The van der Waals surface area contributed by atoms with Crippen LogP contribution in [0, 0.1) is 12.7 Å². The van der Waals surface area contributed by atoms with E-state index >= 15 is 4.39 Å². The minimum atomic E-state index is -0.417. The van der Waals surface area contributed by atoms with Gasteiger partial charge in [0.1, 0.15) is 11.2 Å². The average molecular weight is 372 g/mol. The van der Waals surface area contributed by atoms with Crippen molar-refractivity contribution in [3.05, 3.63) is 35.7 Å². The molecule has 144 valence electrons. The largest absolute Gasteiger partial charge is 0.393 e. The second-order valence-electron chi connectivity index (χ2n) is 8.31. The lowest BCUT2D eigenvalue weighted by Gasteiger charge is -2.22. The maximum Gasteiger partial charge on any atom is 0.188 e. The fourth-order valence-corrected chi connectivity index (χ4v) is 3.73. The number of aliphatic hydroxyl groups excluding tert-OH is 1. The number of hydrogen-bond donors (Lipinski definition) is 2. The summed E-state index contributed by atoms with van der Waals surface area (Å²) in [4.78, 5) is 4.38. The molecule has 0 aromatic carbocycles. The Hall–Kier alpha value is -2.48. The summed E-state index contributed by atoms with van der Waals surface area (Å²) in [5.74, 6) is 0.382. The molecule has 4 rings (SSSR count). The van der Waals surface area contributed by atoms with Gasteiger partial charge in [-0.3, -0.25) is 0 Å². The molecular formula is C19H25FN6O. The van der Waals surface area contributed by atoms with Crippen LogP contribution in [0.2, 0.25) is 0 Å². The van der Waals surface area contributed by atoms with E-state index in [1.165, 1.54) is 0 Å². The Balaban J connectivity index is 1.80. The summed E-state index contributed by atoms with van der Waals surface area (Å²) in [6, 6.07) is 1.90. The molecule has 0 aliphatic heterocycles. The van der Waals surface area contributed by atoms with E-state index in [2.05, 4.69) is 20.5 Å². The topological polar surface area (TPSA) is 80.3 Å². The lowest BCUT2D eigenvalue weighted by atomic mass is 10.0. The molecule has 8 heteroatoms. The van der Waals surface area contributed by atoms with E-state index in [4.69, 9.17) is 0 Å². The van der Waals surface area contributed by atoms with Gasteiger partial charge in [0.25, 0.3) is 0 Å². The van der Waals surface area contributed by atoms with Crippen LogP contribution < -0.4 is 5.32 Å². The third-order valence-electron chi connectivity index (χ3n) is 5.03. The number of fused-ring (bicyclic) bond motifs is 1. The summed E-state index contributed by atoms with van der Waals surface area (Å²) in [6.45, 7) is 7.85. The van der Waals surface area contributed by atoms with Gasteiger partial charge < -0.3 is 10.4 Å². The Bertz CT molecular complexity index is 986. The van der Waals surface area contributed by atoms with Crippen molar-refractivity contribution in [3.8, 4) is 0 Å². The molecule has 0 unspecified atom stereocenters. The van der Waals surface area contributed by atoms with Gasteiger partial charge >= 0.3 is 0 Å². The van der Waals surface area contributed by atoms with Gasteiger partial charge in [-0.25, -0.2) is 18.6 Å². The Kier molecular flexibility index (Phi) is 4.18. The maximum atomic E-state index is 15.4. The lowest BCUT2D eigenvalue weighted by Crippen LogP contribution is -2.25. The highest BCUT2D eigenvalue weighted by Crippen LogP contribution is 2.39. The minimum absolute atomic E-state index is 0.0647. The van der Waals surface area contributed by atoms with Crippen LogP contribution in [0.3, 0.4) is 0 Å². The first-order chi connectivity index (χ1) is 12.7. The highest BCUT2D eigenvalue weighted by Gasteiger charge is 2.33. The molecule has 1 fully saturated rings. The van der Waals surface area contributed by atoms with Crippen LogP contribution in [0.25, 0.3) is 5.52 Å². The number of aryl methyl sites for hydroxylation is 1. The van der Waals surface area contributed by atoms with Crippen molar-refractivity contribution in [3.63, 3.8) is 0 Å². The van der Waals surface area contributed by atoms with Crippen LogP contribution in [0.4, 0.5) is 16.0 Å². The molecule has 3 aromatic heterocycles. The molecule has 0 amide bonds. The smallest absolute Gasteiger partial charge is 0.188 e. The van der Waals surface area contributed by atoms with Crippen molar-refractivity contribution in [1.82, 2.24) is 24.4 Å². The van der Waals surface area contributed by atoms with Crippen molar-refractivity contribution >= 4 is 17.2 Å². The van der Waals surface area contributed by atoms with Crippen LogP contribution in [0.1, 0.15) is 57.3 Å². The molecule has 2 N–H and O–H groups in total. The van der Waals surface area contributed by atoms with Gasteiger partial charge in [0, 0.05) is 18.3 Å². The third kappa shape index (κ3) is 3.18. The summed E-state index contributed by atoms with van der Waals surface area (Å²) in [5.41, 5.74) is 1.63. The molecule has 3 aromatic rings. The fourth-order valence-electron chi connectivity index (χ4n) is 3.73. The first kappa shape index (κ1) is 17.9. The summed E-state index contributed by atoms with van der Waals surface area (Å²) >= 11 is 0. The van der Waals surface area contributed by atoms with Crippen LogP contribution >= 0.6 is 0 Å². The zero-order valence-corrected chi connectivity index (χ0v) is 16.1. The molecule has 7 nitrogen and oxygen atoms in total. The van der Waals surface area contributed by atoms with Crippen LogP contribution in [0.15, 0.2) is 18.5 Å². The van der Waals surface area contributed by atoms with Gasteiger partial charge in [-0.1, -0.05) is 0 Å². The zero-order valence-electron chi connectivity index (χ0n) is 16.1. The van der Waals surface area contributed by atoms with E-state index < -0.39 is 5.54 Å². The quantitative estimate of drug-likeness (QED) is 0.735. The monoisotopic (exact) mass is 372 g/mol. The predicted molar refractivity (Wildman–Crippen MR) is 101 cm³/mol. The number of halogens is 1. The molecule has 3 heterocycles. The number of nitrogens with zero attached hydrogens (tertiary/aromatic N) is 5. The number of anilines is 2. The molecule has 27 heavy (non-hydrogen) atoms. The summed E-state index contributed by atoms with van der Waals surface area (Å²) < 4.78 is 18.8. The average Bonchev–Trinajstić information content (AvgIpc) is 3.25. The molecule has 0 saturated heterocycles. The van der Waals surface area contributed by atoms with Crippen molar-refractivity contribution in [1.29, 1.82) is 0 Å². The SMILES string of the molecule is Cc1cc2c(Nc3c(F)c([C@H]4CC[C@@H](O)C4)nn3C(C)(C)C)nccn2n1. The standard InChI is InChI=1S/C19H25FN6O/c1-11-9-14-17(21-7-8-25(14)23-11)22-18-15(20)16(12-5-6-13(27)10-12)24-26(18)19(2,3)4/h7-9,12-13,27H,5-6,10H2,1-4H3,(H,21,22)/t12-,13+/m0/s1. The maximum absolute atomic E-state index is 15.4. The fraction of sp³-hybridized carbons (Fsp3) is 0.526. The highest BCUT2D eigenvalue weighted by molar-refractivity contribution is 5.72. The number of aliphatic hydroxyl groups is 1. The third-order valence-corrected chi connectivity index (χ3v) is 5.03. The van der Waals surface area contributed by atoms with Crippen LogP contribution in [-0.2, 0) is 5.54 Å². The van der Waals surface area contributed by atoms with Crippen molar-refractivity contribution in [2.45, 2.75) is 64.5 Å².